The van der Waals surface area contributed by atoms with Gasteiger partial charge in [-0.15, -0.1) is 0 Å². The molecule has 0 heterocycles. The van der Waals surface area contributed by atoms with Crippen LogP contribution in [-0.4, -0.2) is 18.0 Å². The summed E-state index contributed by atoms with van der Waals surface area (Å²) in [6.45, 7) is 7.97. The minimum atomic E-state index is -0.850. The molecule has 2 rings (SSSR count). The molecular formula is C22H28N3O+. The van der Waals surface area contributed by atoms with Crippen molar-refractivity contribution in [1.82, 2.24) is 5.32 Å². The van der Waals surface area contributed by atoms with Crippen molar-refractivity contribution < 1.29 is 10.1 Å². The van der Waals surface area contributed by atoms with Crippen LogP contribution < -0.4 is 10.6 Å². The van der Waals surface area contributed by atoms with Gasteiger partial charge in [0, 0.05) is 11.1 Å². The highest BCUT2D eigenvalue weighted by Gasteiger charge is 2.30. The molecule has 4 heteroatoms. The van der Waals surface area contributed by atoms with E-state index in [0.717, 1.165) is 11.1 Å². The van der Waals surface area contributed by atoms with E-state index in [0.29, 0.717) is 0 Å². The van der Waals surface area contributed by atoms with Gasteiger partial charge >= 0.3 is 0 Å². The first-order valence-corrected chi connectivity index (χ1v) is 9.03. The Morgan fingerprint density at radius 1 is 1.12 bits per heavy atom. The number of amides is 1. The van der Waals surface area contributed by atoms with Crippen LogP contribution in [0.1, 0.15) is 43.5 Å². The van der Waals surface area contributed by atoms with Crippen LogP contribution in [0.2, 0.25) is 0 Å². The highest BCUT2D eigenvalue weighted by atomic mass is 16.2. The van der Waals surface area contributed by atoms with E-state index in [1.54, 1.807) is 6.92 Å². The molecule has 0 fully saturated rings. The maximum Gasteiger partial charge on any atom is 0.276 e. The fourth-order valence-corrected chi connectivity index (χ4v) is 2.77. The molecule has 0 aliphatic heterocycles. The smallest absolute Gasteiger partial charge is 0.276 e. The lowest BCUT2D eigenvalue weighted by atomic mass is 9.90. The highest BCUT2D eigenvalue weighted by Crippen LogP contribution is 2.19. The molecular weight excluding hydrogens is 322 g/mol. The second-order valence-electron chi connectivity index (χ2n) is 7.26. The molecule has 0 saturated carbocycles. The van der Waals surface area contributed by atoms with Crippen molar-refractivity contribution in [1.29, 1.82) is 5.26 Å². The lowest BCUT2D eigenvalue weighted by Gasteiger charge is -2.27. The van der Waals surface area contributed by atoms with Crippen molar-refractivity contribution >= 4 is 5.91 Å². The van der Waals surface area contributed by atoms with Crippen LogP contribution in [0.3, 0.4) is 0 Å². The fraction of sp³-hybridized carbons (Fsp3) is 0.364. The van der Waals surface area contributed by atoms with E-state index in [4.69, 9.17) is 0 Å². The van der Waals surface area contributed by atoms with Crippen molar-refractivity contribution in [2.45, 2.75) is 39.3 Å². The van der Waals surface area contributed by atoms with Crippen LogP contribution in [0.4, 0.5) is 0 Å². The van der Waals surface area contributed by atoms with E-state index >= 15 is 0 Å². The molecule has 4 nitrogen and oxygen atoms in total. The number of quaternary nitrogens is 1. The standard InChI is InChI=1S/C22H27N3O/c1-16(2)22(4,15-23)25-20(26)14-24-21(18-8-6-5-7-9-18)19-12-10-17(3)11-13-19/h5-13,16,21,24H,14H2,1-4H3,(H,25,26)/p+1/t21-,22-/m1/s1. The van der Waals surface area contributed by atoms with Gasteiger partial charge in [-0.1, -0.05) is 74.0 Å². The number of nitrogens with two attached hydrogens (primary N) is 1. The number of carbonyl (C=O) groups is 1. The van der Waals surface area contributed by atoms with Gasteiger partial charge in [0.05, 0.1) is 6.07 Å². The molecule has 0 spiro atoms. The number of hydrogen-bond donors (Lipinski definition) is 2. The van der Waals surface area contributed by atoms with Crippen molar-refractivity contribution in [2.24, 2.45) is 5.92 Å². The Balaban J connectivity index is 2.14. The Hall–Kier alpha value is -2.64. The molecule has 1 amide bonds. The predicted octanol–water partition coefficient (Wildman–Crippen LogP) is 2.70. The van der Waals surface area contributed by atoms with Gasteiger partial charge in [-0.25, -0.2) is 0 Å². The molecule has 0 aromatic heterocycles. The minimum absolute atomic E-state index is 0.0370. The summed E-state index contributed by atoms with van der Waals surface area (Å²) in [5.74, 6) is -0.0886. The van der Waals surface area contributed by atoms with E-state index in [2.05, 4.69) is 54.7 Å². The first kappa shape index (κ1) is 19.7. The Labute approximate surface area is 156 Å². The molecule has 3 N–H and O–H groups in total. The summed E-state index contributed by atoms with van der Waals surface area (Å²) < 4.78 is 0. The molecule has 0 aliphatic rings. The average molecular weight is 350 g/mol. The van der Waals surface area contributed by atoms with Gasteiger partial charge < -0.3 is 10.6 Å². The van der Waals surface area contributed by atoms with E-state index < -0.39 is 5.54 Å². The predicted molar refractivity (Wildman–Crippen MR) is 103 cm³/mol. The van der Waals surface area contributed by atoms with Gasteiger partial charge in [0.25, 0.3) is 5.91 Å². The topological polar surface area (TPSA) is 69.5 Å². The number of carbonyl (C=O) groups excluding carboxylic acids is 1. The minimum Gasteiger partial charge on any atom is -0.333 e. The Morgan fingerprint density at radius 3 is 2.23 bits per heavy atom. The van der Waals surface area contributed by atoms with Crippen molar-refractivity contribution in [3.05, 3.63) is 71.3 Å². The number of rotatable bonds is 7. The lowest BCUT2D eigenvalue weighted by Crippen LogP contribution is -2.88. The van der Waals surface area contributed by atoms with Crippen molar-refractivity contribution in [3.63, 3.8) is 0 Å². The average Bonchev–Trinajstić information content (AvgIpc) is 2.64. The first-order valence-electron chi connectivity index (χ1n) is 9.03. The Morgan fingerprint density at radius 2 is 1.69 bits per heavy atom. The molecule has 136 valence electrons. The number of hydrogen-bond acceptors (Lipinski definition) is 2. The van der Waals surface area contributed by atoms with E-state index in [1.807, 2.05) is 37.4 Å². The third-order valence-corrected chi connectivity index (χ3v) is 4.92. The SMILES string of the molecule is Cc1ccc([C@H]([NH2+]CC(=O)N[C@](C)(C#N)C(C)C)c2ccccc2)cc1. The zero-order chi connectivity index (χ0) is 19.2. The number of benzene rings is 2. The summed E-state index contributed by atoms with van der Waals surface area (Å²) in [7, 11) is 0. The van der Waals surface area contributed by atoms with E-state index in [1.165, 1.54) is 5.56 Å². The molecule has 0 saturated heterocycles. The normalized spacial score (nSPS) is 14.3. The second kappa shape index (κ2) is 8.64. The molecule has 0 radical (unpaired) electrons. The van der Waals surface area contributed by atoms with Crippen LogP contribution in [0.5, 0.6) is 0 Å². The van der Waals surface area contributed by atoms with Gasteiger partial charge in [-0.2, -0.15) is 5.26 Å². The van der Waals surface area contributed by atoms with Crippen molar-refractivity contribution in [3.8, 4) is 6.07 Å². The quantitative estimate of drug-likeness (QED) is 0.806. The van der Waals surface area contributed by atoms with Crippen molar-refractivity contribution in [2.75, 3.05) is 6.54 Å². The summed E-state index contributed by atoms with van der Waals surface area (Å²) in [5.41, 5.74) is 2.66. The van der Waals surface area contributed by atoms with Crippen LogP contribution in [0.15, 0.2) is 54.6 Å². The second-order valence-corrected chi connectivity index (χ2v) is 7.26. The summed E-state index contributed by atoms with van der Waals surface area (Å²) >= 11 is 0. The number of aryl methyl sites for hydroxylation is 1. The van der Waals surface area contributed by atoms with Crippen LogP contribution >= 0.6 is 0 Å². The molecule has 26 heavy (non-hydrogen) atoms. The first-order chi connectivity index (χ1) is 12.4. The summed E-state index contributed by atoms with van der Waals surface area (Å²) in [4.78, 5) is 12.4. The van der Waals surface area contributed by atoms with Crippen LogP contribution in [-0.2, 0) is 4.79 Å². The summed E-state index contributed by atoms with van der Waals surface area (Å²) in [5, 5.41) is 14.3. The molecule has 0 aliphatic carbocycles. The zero-order valence-corrected chi connectivity index (χ0v) is 16.0. The van der Waals surface area contributed by atoms with E-state index in [-0.39, 0.29) is 24.4 Å². The van der Waals surface area contributed by atoms with Gasteiger partial charge in [0.1, 0.15) is 11.6 Å². The maximum atomic E-state index is 12.4. The van der Waals surface area contributed by atoms with Gasteiger partial charge in [0.15, 0.2) is 6.54 Å². The number of nitriles is 1. The molecule has 2 aromatic carbocycles. The highest BCUT2D eigenvalue weighted by molar-refractivity contribution is 5.78. The van der Waals surface area contributed by atoms with Crippen LogP contribution in [0, 0.1) is 24.2 Å². The zero-order valence-electron chi connectivity index (χ0n) is 16.0. The fourth-order valence-electron chi connectivity index (χ4n) is 2.77. The Kier molecular flexibility index (Phi) is 6.54. The van der Waals surface area contributed by atoms with Crippen LogP contribution in [0.25, 0.3) is 0 Å². The van der Waals surface area contributed by atoms with E-state index in [9.17, 15) is 10.1 Å². The van der Waals surface area contributed by atoms with Gasteiger partial charge in [0.2, 0.25) is 0 Å². The number of nitrogens with zero attached hydrogens (tertiary/aromatic N) is 1. The lowest BCUT2D eigenvalue weighted by molar-refractivity contribution is -0.676. The monoisotopic (exact) mass is 350 g/mol. The molecule has 0 bridgehead atoms. The largest absolute Gasteiger partial charge is 0.333 e. The number of nitrogens with one attached hydrogen (secondary N) is 1. The maximum absolute atomic E-state index is 12.4. The molecule has 2 atom stereocenters. The molecule has 2 aromatic rings. The summed E-state index contributed by atoms with van der Waals surface area (Å²) in [6, 6.07) is 20.8. The third-order valence-electron chi connectivity index (χ3n) is 4.92. The molecule has 0 unspecified atom stereocenters. The third kappa shape index (κ3) is 4.93. The Bertz CT molecular complexity index is 762. The van der Waals surface area contributed by atoms with Gasteiger partial charge in [-0.3, -0.25) is 4.79 Å². The van der Waals surface area contributed by atoms with Gasteiger partial charge in [-0.05, 0) is 19.8 Å². The summed E-state index contributed by atoms with van der Waals surface area (Å²) in [6.07, 6.45) is 0.